The predicted octanol–water partition coefficient (Wildman–Crippen LogP) is 5.80. The van der Waals surface area contributed by atoms with Crippen LogP contribution in [0.2, 0.25) is 0 Å². The van der Waals surface area contributed by atoms with E-state index in [9.17, 15) is 23.4 Å². The molecule has 5 nitrogen and oxygen atoms in total. The predicted molar refractivity (Wildman–Crippen MR) is 140 cm³/mol. The Morgan fingerprint density at radius 3 is 2.62 bits per heavy atom. The summed E-state index contributed by atoms with van der Waals surface area (Å²) >= 11 is 1.54. The SMILES string of the molecule is COc1ccc2nccc(C(O)CC[C@@H]3CCN(CCSc4ccc(C(F)(F)F)cc4)C[C@@H]3CO)c2c1. The number of pyridine rings is 1. The Labute approximate surface area is 219 Å². The Kier molecular flexibility index (Phi) is 9.34. The molecule has 9 heteroatoms. The molecule has 2 aromatic carbocycles. The summed E-state index contributed by atoms with van der Waals surface area (Å²) in [6, 6.07) is 12.8. The van der Waals surface area contributed by atoms with Crippen molar-refractivity contribution in [2.45, 2.75) is 36.4 Å². The van der Waals surface area contributed by atoms with E-state index in [-0.39, 0.29) is 12.5 Å². The van der Waals surface area contributed by atoms with Gasteiger partial charge in [-0.1, -0.05) is 0 Å². The number of piperidine rings is 1. The van der Waals surface area contributed by atoms with Gasteiger partial charge >= 0.3 is 6.18 Å². The number of aliphatic hydroxyl groups excluding tert-OH is 2. The van der Waals surface area contributed by atoms with Crippen LogP contribution in [0.4, 0.5) is 13.2 Å². The number of aliphatic hydroxyl groups is 2. The first-order valence-electron chi connectivity index (χ1n) is 12.5. The van der Waals surface area contributed by atoms with Crippen molar-refractivity contribution >= 4 is 22.7 Å². The highest BCUT2D eigenvalue weighted by Gasteiger charge is 2.30. The monoisotopic (exact) mass is 534 g/mol. The largest absolute Gasteiger partial charge is 0.497 e. The topological polar surface area (TPSA) is 65.8 Å². The summed E-state index contributed by atoms with van der Waals surface area (Å²) < 4.78 is 43.5. The quantitative estimate of drug-likeness (QED) is 0.321. The molecule has 3 atom stereocenters. The highest BCUT2D eigenvalue weighted by molar-refractivity contribution is 7.99. The summed E-state index contributed by atoms with van der Waals surface area (Å²) in [5.74, 6) is 1.94. The van der Waals surface area contributed by atoms with E-state index in [1.54, 1.807) is 13.3 Å². The van der Waals surface area contributed by atoms with Crippen molar-refractivity contribution in [3.8, 4) is 5.75 Å². The molecule has 2 N–H and O–H groups in total. The zero-order valence-electron chi connectivity index (χ0n) is 20.8. The Bertz CT molecular complexity index is 1160. The number of hydrogen-bond acceptors (Lipinski definition) is 6. The molecule has 1 aromatic heterocycles. The second kappa shape index (κ2) is 12.5. The van der Waals surface area contributed by atoms with Gasteiger partial charge in [0.2, 0.25) is 0 Å². The number of likely N-dealkylation sites (tertiary alicyclic amines) is 1. The standard InChI is InChI=1S/C28H33F3N2O3S/c1-36-22-5-8-26-25(16-22)24(10-12-32-26)27(35)9-2-19-11-13-33(17-20(19)18-34)14-15-37-23-6-3-21(4-7-23)28(29,30)31/h3-8,10,12,16,19-20,27,34-35H,2,9,11,13-15,17-18H2,1H3/t19-,20-,27?/m1/s1. The van der Waals surface area contributed by atoms with E-state index in [0.29, 0.717) is 12.3 Å². The van der Waals surface area contributed by atoms with Crippen LogP contribution < -0.4 is 4.74 Å². The van der Waals surface area contributed by atoms with E-state index in [1.165, 1.54) is 23.9 Å². The maximum absolute atomic E-state index is 12.7. The number of fused-ring (bicyclic) bond motifs is 1. The molecule has 1 aliphatic heterocycles. The van der Waals surface area contributed by atoms with Gasteiger partial charge in [-0.2, -0.15) is 13.2 Å². The molecule has 3 aromatic rings. The molecule has 0 amide bonds. The lowest BCUT2D eigenvalue weighted by Crippen LogP contribution is -2.43. The summed E-state index contributed by atoms with van der Waals surface area (Å²) in [7, 11) is 1.61. The molecule has 0 saturated carbocycles. The van der Waals surface area contributed by atoms with Gasteiger partial charge in [-0.25, -0.2) is 0 Å². The lowest BCUT2D eigenvalue weighted by molar-refractivity contribution is -0.137. The van der Waals surface area contributed by atoms with Crippen LogP contribution in [0.1, 0.15) is 36.5 Å². The number of rotatable bonds is 10. The Hall–Kier alpha value is -2.33. The molecule has 37 heavy (non-hydrogen) atoms. The third-order valence-electron chi connectivity index (χ3n) is 7.22. The first-order valence-corrected chi connectivity index (χ1v) is 13.5. The van der Waals surface area contributed by atoms with E-state index in [2.05, 4.69) is 9.88 Å². The van der Waals surface area contributed by atoms with Crippen molar-refractivity contribution in [1.29, 1.82) is 0 Å². The van der Waals surface area contributed by atoms with E-state index in [0.717, 1.165) is 77.5 Å². The second-order valence-corrected chi connectivity index (χ2v) is 10.7. The average Bonchev–Trinajstić information content (AvgIpc) is 2.91. The third kappa shape index (κ3) is 7.16. The number of hydrogen-bond donors (Lipinski definition) is 2. The van der Waals surface area contributed by atoms with Gasteiger partial charge in [0, 0.05) is 41.9 Å². The Morgan fingerprint density at radius 1 is 1.14 bits per heavy atom. The molecule has 1 unspecified atom stereocenters. The molecule has 0 radical (unpaired) electrons. The van der Waals surface area contributed by atoms with Crippen LogP contribution in [0.25, 0.3) is 10.9 Å². The first-order chi connectivity index (χ1) is 17.8. The van der Waals surface area contributed by atoms with Crippen molar-refractivity contribution < 1.29 is 28.1 Å². The fraction of sp³-hybridized carbons (Fsp3) is 0.464. The van der Waals surface area contributed by atoms with E-state index < -0.39 is 17.8 Å². The van der Waals surface area contributed by atoms with E-state index in [1.807, 2.05) is 24.3 Å². The van der Waals surface area contributed by atoms with Gasteiger partial charge in [-0.3, -0.25) is 4.98 Å². The average molecular weight is 535 g/mol. The molecule has 0 spiro atoms. The summed E-state index contributed by atoms with van der Waals surface area (Å²) in [5, 5.41) is 21.9. The minimum Gasteiger partial charge on any atom is -0.497 e. The van der Waals surface area contributed by atoms with Gasteiger partial charge in [0.15, 0.2) is 0 Å². The van der Waals surface area contributed by atoms with Crippen molar-refractivity contribution in [3.05, 3.63) is 65.9 Å². The highest BCUT2D eigenvalue weighted by Crippen LogP contribution is 2.34. The number of aromatic nitrogens is 1. The van der Waals surface area contributed by atoms with Crippen LogP contribution >= 0.6 is 11.8 Å². The lowest BCUT2D eigenvalue weighted by atomic mass is 9.81. The van der Waals surface area contributed by atoms with Crippen LogP contribution in [0.3, 0.4) is 0 Å². The lowest BCUT2D eigenvalue weighted by Gasteiger charge is -2.38. The van der Waals surface area contributed by atoms with Crippen LogP contribution in [0.15, 0.2) is 59.6 Å². The van der Waals surface area contributed by atoms with E-state index in [4.69, 9.17) is 4.74 Å². The maximum Gasteiger partial charge on any atom is 0.416 e. The highest BCUT2D eigenvalue weighted by atomic mass is 32.2. The number of nitrogens with zero attached hydrogens (tertiary/aromatic N) is 2. The van der Waals surface area contributed by atoms with Crippen LogP contribution in [-0.2, 0) is 6.18 Å². The van der Waals surface area contributed by atoms with Gasteiger partial charge in [-0.15, -0.1) is 11.8 Å². The summed E-state index contributed by atoms with van der Waals surface area (Å²) in [4.78, 5) is 7.52. The fourth-order valence-corrected chi connectivity index (χ4v) is 5.98. The zero-order valence-corrected chi connectivity index (χ0v) is 21.6. The van der Waals surface area contributed by atoms with Crippen molar-refractivity contribution in [3.63, 3.8) is 0 Å². The second-order valence-electron chi connectivity index (χ2n) is 9.54. The minimum absolute atomic E-state index is 0.0959. The summed E-state index contributed by atoms with van der Waals surface area (Å²) in [6.45, 7) is 2.58. The molecule has 1 fully saturated rings. The minimum atomic E-state index is -4.32. The fourth-order valence-electron chi connectivity index (χ4n) is 5.07. The normalized spacial score (nSPS) is 19.7. The van der Waals surface area contributed by atoms with Crippen LogP contribution in [-0.4, -0.2) is 59.2 Å². The smallest absolute Gasteiger partial charge is 0.416 e. The molecule has 0 bridgehead atoms. The van der Waals surface area contributed by atoms with Crippen LogP contribution in [0, 0.1) is 11.8 Å². The number of alkyl halides is 3. The molecule has 1 saturated heterocycles. The molecule has 4 rings (SSSR count). The van der Waals surface area contributed by atoms with Gasteiger partial charge in [-0.05, 0) is 91.7 Å². The molecule has 0 aliphatic carbocycles. The first kappa shape index (κ1) is 27.7. The van der Waals surface area contributed by atoms with Crippen molar-refractivity contribution in [1.82, 2.24) is 9.88 Å². The van der Waals surface area contributed by atoms with Crippen LogP contribution in [0.5, 0.6) is 5.75 Å². The molecule has 1 aliphatic rings. The van der Waals surface area contributed by atoms with Gasteiger partial charge in [0.25, 0.3) is 0 Å². The van der Waals surface area contributed by atoms with Gasteiger partial charge in [0.1, 0.15) is 5.75 Å². The Morgan fingerprint density at radius 2 is 1.92 bits per heavy atom. The maximum atomic E-state index is 12.7. The number of methoxy groups -OCH3 is 1. The summed E-state index contributed by atoms with van der Waals surface area (Å²) in [5.41, 5.74) is 1.02. The number of benzene rings is 2. The molecule has 2 heterocycles. The number of thioether (sulfide) groups is 1. The zero-order chi connectivity index (χ0) is 26.4. The molecule has 200 valence electrons. The Balaban J connectivity index is 1.27. The number of ether oxygens (including phenoxy) is 1. The molecular weight excluding hydrogens is 501 g/mol. The van der Waals surface area contributed by atoms with E-state index >= 15 is 0 Å². The number of halogens is 3. The van der Waals surface area contributed by atoms with Gasteiger partial charge < -0.3 is 19.8 Å². The molecular formula is C28H33F3N2O3S. The van der Waals surface area contributed by atoms with Crippen molar-refractivity contribution in [2.24, 2.45) is 11.8 Å². The third-order valence-corrected chi connectivity index (χ3v) is 8.21. The van der Waals surface area contributed by atoms with Gasteiger partial charge in [0.05, 0.1) is 24.3 Å². The van der Waals surface area contributed by atoms with Crippen molar-refractivity contribution in [2.75, 3.05) is 39.1 Å². The summed E-state index contributed by atoms with van der Waals surface area (Å²) in [6.07, 6.45) is -0.883.